The van der Waals surface area contributed by atoms with Gasteiger partial charge in [-0.15, -0.1) is 0 Å². The maximum Gasteiger partial charge on any atom is 0.326 e. The Balaban J connectivity index is 1.50. The molecule has 7 N–H and O–H groups in total. The van der Waals surface area contributed by atoms with Crippen molar-refractivity contribution in [3.63, 3.8) is 0 Å². The van der Waals surface area contributed by atoms with E-state index in [-0.39, 0.29) is 24.9 Å². The molecule has 12 heteroatoms. The van der Waals surface area contributed by atoms with Crippen molar-refractivity contribution in [2.75, 3.05) is 19.7 Å². The van der Waals surface area contributed by atoms with Gasteiger partial charge >= 0.3 is 11.9 Å². The van der Waals surface area contributed by atoms with Crippen molar-refractivity contribution < 1.29 is 39.2 Å². The highest BCUT2D eigenvalue weighted by atomic mass is 16.5. The van der Waals surface area contributed by atoms with Gasteiger partial charge in [-0.05, 0) is 68.5 Å². The van der Waals surface area contributed by atoms with Crippen LogP contribution >= 0.6 is 0 Å². The Morgan fingerprint density at radius 3 is 2.51 bits per heavy atom. The maximum absolute atomic E-state index is 12.9. The second-order valence-corrected chi connectivity index (χ2v) is 11.5. The maximum atomic E-state index is 12.9. The number of aliphatic hydroxyl groups is 1. The molecule has 1 fully saturated rings. The lowest BCUT2D eigenvalue weighted by Crippen LogP contribution is -2.53. The molecule has 0 unspecified atom stereocenters. The summed E-state index contributed by atoms with van der Waals surface area (Å²) in [6, 6.07) is 7.62. The van der Waals surface area contributed by atoms with Crippen LogP contribution in [-0.4, -0.2) is 93.9 Å². The number of amides is 2. The van der Waals surface area contributed by atoms with E-state index < -0.39 is 48.1 Å². The number of aliphatic hydroxyl groups excluding tert-OH is 1. The summed E-state index contributed by atoms with van der Waals surface area (Å²) in [4.78, 5) is 50.1. The SMILES string of the molecule is CC(C)[C@H](N)[C@@H](O)COc1cccc2ccc(C(=O)NCCCC[C@H](N[C@@H](C)C(=O)N3CCC[C@@H]3C(=O)O)C(=O)O)cc12. The first-order chi connectivity index (χ1) is 20.4. The van der Waals surface area contributed by atoms with Crippen LogP contribution in [-0.2, 0) is 14.4 Å². The molecule has 236 valence electrons. The number of aliphatic carboxylic acids is 2. The van der Waals surface area contributed by atoms with Crippen LogP contribution in [0.4, 0.5) is 0 Å². The highest BCUT2D eigenvalue weighted by molar-refractivity contribution is 6.00. The number of likely N-dealkylation sites (tertiary alicyclic amines) is 1. The van der Waals surface area contributed by atoms with Gasteiger partial charge in [0.25, 0.3) is 5.91 Å². The van der Waals surface area contributed by atoms with E-state index in [0.29, 0.717) is 50.1 Å². The topological polar surface area (TPSA) is 192 Å². The Labute approximate surface area is 251 Å². The van der Waals surface area contributed by atoms with Gasteiger partial charge in [-0.1, -0.05) is 32.0 Å². The summed E-state index contributed by atoms with van der Waals surface area (Å²) in [6.07, 6.45) is 1.36. The number of nitrogens with zero attached hydrogens (tertiary/aromatic N) is 1. The van der Waals surface area contributed by atoms with Gasteiger partial charge in [-0.3, -0.25) is 19.7 Å². The van der Waals surface area contributed by atoms with E-state index in [9.17, 15) is 34.5 Å². The number of carboxylic acids is 2. The first-order valence-corrected chi connectivity index (χ1v) is 14.8. The van der Waals surface area contributed by atoms with Crippen molar-refractivity contribution in [3.8, 4) is 5.75 Å². The lowest BCUT2D eigenvalue weighted by atomic mass is 10.0. The molecule has 0 radical (unpaired) electrons. The summed E-state index contributed by atoms with van der Waals surface area (Å²) >= 11 is 0. The molecule has 5 atom stereocenters. The Morgan fingerprint density at radius 2 is 1.84 bits per heavy atom. The lowest BCUT2D eigenvalue weighted by Gasteiger charge is -2.27. The zero-order valence-electron chi connectivity index (χ0n) is 25.0. The third-order valence-electron chi connectivity index (χ3n) is 7.87. The predicted octanol–water partition coefficient (Wildman–Crippen LogP) is 1.97. The zero-order valence-corrected chi connectivity index (χ0v) is 25.0. The number of rotatable bonds is 16. The molecular weight excluding hydrogens is 556 g/mol. The van der Waals surface area contributed by atoms with Gasteiger partial charge in [-0.2, -0.15) is 0 Å². The van der Waals surface area contributed by atoms with Gasteiger partial charge in [0.2, 0.25) is 5.91 Å². The van der Waals surface area contributed by atoms with E-state index in [0.717, 1.165) is 10.8 Å². The fraction of sp³-hybridized carbons (Fsp3) is 0.548. The number of carboxylic acid groups (broad SMARTS) is 2. The molecule has 1 saturated heterocycles. The van der Waals surface area contributed by atoms with Crippen molar-refractivity contribution >= 4 is 34.5 Å². The number of hydrogen-bond acceptors (Lipinski definition) is 8. The summed E-state index contributed by atoms with van der Waals surface area (Å²) in [6.45, 7) is 6.07. The van der Waals surface area contributed by atoms with E-state index in [1.54, 1.807) is 25.1 Å². The predicted molar refractivity (Wildman–Crippen MR) is 161 cm³/mol. The number of carbonyl (C=O) groups is 4. The molecule has 12 nitrogen and oxygen atoms in total. The van der Waals surface area contributed by atoms with Crippen LogP contribution in [0.15, 0.2) is 36.4 Å². The molecule has 3 rings (SSSR count). The summed E-state index contributed by atoms with van der Waals surface area (Å²) < 4.78 is 5.86. The third kappa shape index (κ3) is 9.12. The van der Waals surface area contributed by atoms with E-state index in [4.69, 9.17) is 10.5 Å². The monoisotopic (exact) mass is 600 g/mol. The van der Waals surface area contributed by atoms with Gasteiger partial charge in [0.05, 0.1) is 6.04 Å². The van der Waals surface area contributed by atoms with Gasteiger partial charge in [0, 0.05) is 30.1 Å². The number of ether oxygens (including phenoxy) is 1. The molecule has 0 spiro atoms. The Bertz CT molecular complexity index is 1290. The second-order valence-electron chi connectivity index (χ2n) is 11.5. The average molecular weight is 601 g/mol. The molecule has 2 aromatic rings. The number of unbranched alkanes of at least 4 members (excludes halogenated alkanes) is 1. The third-order valence-corrected chi connectivity index (χ3v) is 7.87. The number of hydrogen-bond donors (Lipinski definition) is 6. The Kier molecular flexibility index (Phi) is 12.3. The highest BCUT2D eigenvalue weighted by Crippen LogP contribution is 2.27. The number of nitrogens with two attached hydrogens (primary N) is 1. The minimum Gasteiger partial charge on any atom is -0.490 e. The lowest BCUT2D eigenvalue weighted by molar-refractivity contribution is -0.149. The van der Waals surface area contributed by atoms with Crippen molar-refractivity contribution in [2.45, 2.75) is 83.1 Å². The molecule has 2 aromatic carbocycles. The molecule has 1 aliphatic rings. The molecule has 1 heterocycles. The fourth-order valence-electron chi connectivity index (χ4n) is 5.21. The van der Waals surface area contributed by atoms with Crippen molar-refractivity contribution in [1.82, 2.24) is 15.5 Å². The number of fused-ring (bicyclic) bond motifs is 1. The van der Waals surface area contributed by atoms with Crippen LogP contribution in [0, 0.1) is 5.92 Å². The summed E-state index contributed by atoms with van der Waals surface area (Å²) in [7, 11) is 0. The fourth-order valence-corrected chi connectivity index (χ4v) is 5.21. The summed E-state index contributed by atoms with van der Waals surface area (Å²) in [5, 5.41) is 36.6. The van der Waals surface area contributed by atoms with E-state index in [1.807, 2.05) is 32.0 Å². The molecule has 0 aliphatic carbocycles. The van der Waals surface area contributed by atoms with Crippen molar-refractivity contribution in [3.05, 3.63) is 42.0 Å². The molecule has 43 heavy (non-hydrogen) atoms. The largest absolute Gasteiger partial charge is 0.490 e. The van der Waals surface area contributed by atoms with E-state index in [1.165, 1.54) is 4.90 Å². The van der Waals surface area contributed by atoms with Crippen molar-refractivity contribution in [1.29, 1.82) is 0 Å². The molecule has 0 saturated carbocycles. The van der Waals surface area contributed by atoms with Crippen molar-refractivity contribution in [2.24, 2.45) is 11.7 Å². The van der Waals surface area contributed by atoms with Gasteiger partial charge in [0.1, 0.15) is 30.5 Å². The van der Waals surface area contributed by atoms with Gasteiger partial charge < -0.3 is 36.0 Å². The van der Waals surface area contributed by atoms with E-state index >= 15 is 0 Å². The zero-order chi connectivity index (χ0) is 31.7. The standard InChI is InChI=1S/C31H44N4O8/c1-18(2)27(32)25(36)17-43-26-11-6-8-20-12-13-21(16-22(20)26)28(37)33-14-5-4-9-23(30(39)40)34-19(3)29(38)35-15-7-10-24(35)31(41)42/h6,8,11-13,16,18-19,23-25,27,34,36H,4-5,7,9-10,14-15,17,32H2,1-3H3,(H,33,37)(H,39,40)(H,41,42)/t19-,23-,24+,25-,27-/m0/s1. The molecule has 1 aliphatic heterocycles. The number of nitrogens with one attached hydrogen (secondary N) is 2. The van der Waals surface area contributed by atoms with Gasteiger partial charge in [-0.25, -0.2) is 4.79 Å². The quantitative estimate of drug-likeness (QED) is 0.155. The van der Waals surface area contributed by atoms with Crippen LogP contribution in [0.1, 0.15) is 63.2 Å². The normalized spacial score (nSPS) is 17.8. The minimum absolute atomic E-state index is 0.0229. The van der Waals surface area contributed by atoms with Crippen LogP contribution in [0.2, 0.25) is 0 Å². The van der Waals surface area contributed by atoms with Crippen LogP contribution < -0.4 is 21.1 Å². The molecule has 0 bridgehead atoms. The minimum atomic E-state index is -1.10. The molecular formula is C31H44N4O8. The highest BCUT2D eigenvalue weighted by Gasteiger charge is 2.36. The Hall–Kier alpha value is -3.74. The van der Waals surface area contributed by atoms with E-state index in [2.05, 4.69) is 10.6 Å². The second kappa shape index (κ2) is 15.6. The van der Waals surface area contributed by atoms with Crippen LogP contribution in [0.5, 0.6) is 5.75 Å². The summed E-state index contributed by atoms with van der Waals surface area (Å²) in [5.41, 5.74) is 6.45. The average Bonchev–Trinajstić information content (AvgIpc) is 3.48. The molecule has 2 amide bonds. The smallest absolute Gasteiger partial charge is 0.326 e. The Morgan fingerprint density at radius 1 is 1.09 bits per heavy atom. The molecule has 0 aromatic heterocycles. The number of carbonyl (C=O) groups excluding carboxylic acids is 2. The van der Waals surface area contributed by atoms with Crippen LogP contribution in [0.25, 0.3) is 10.8 Å². The first-order valence-electron chi connectivity index (χ1n) is 14.8. The first kappa shape index (κ1) is 33.8. The summed E-state index contributed by atoms with van der Waals surface area (Å²) in [5.74, 6) is -2.26. The van der Waals surface area contributed by atoms with Crippen LogP contribution in [0.3, 0.4) is 0 Å². The number of benzene rings is 2. The van der Waals surface area contributed by atoms with Gasteiger partial charge in [0.15, 0.2) is 0 Å².